The van der Waals surface area contributed by atoms with E-state index in [9.17, 15) is 4.79 Å². The quantitative estimate of drug-likeness (QED) is 0.879. The number of carbonyl (C=O) groups is 1. The second-order valence-electron chi connectivity index (χ2n) is 5.07. The molecule has 7 heteroatoms. The van der Waals surface area contributed by atoms with E-state index in [1.165, 1.54) is 6.20 Å². The molecular formula is C16H19ClN4O2. The van der Waals surface area contributed by atoms with Crippen molar-refractivity contribution >= 4 is 29.1 Å². The summed E-state index contributed by atoms with van der Waals surface area (Å²) in [5, 5.41) is 3.45. The average Bonchev–Trinajstić information content (AvgIpc) is 2.52. The first-order valence-electron chi connectivity index (χ1n) is 7.21. The SMILES string of the molecule is CCOc1nc(Nc2ccc(CC(=O)N(C)C)cc2)ncc1Cl. The Labute approximate surface area is 140 Å². The standard InChI is InChI=1S/C16H19ClN4O2/c1-4-23-15-13(17)10-18-16(20-15)19-12-7-5-11(6-8-12)9-14(22)21(2)3/h5-8,10H,4,9H2,1-3H3,(H,18,19,20). The molecule has 0 fully saturated rings. The van der Waals surface area contributed by atoms with Crippen molar-refractivity contribution in [3.05, 3.63) is 41.0 Å². The zero-order chi connectivity index (χ0) is 16.8. The van der Waals surface area contributed by atoms with Crippen LogP contribution in [0.4, 0.5) is 11.6 Å². The number of likely N-dealkylation sites (N-methyl/N-ethyl adjacent to an activating group) is 1. The van der Waals surface area contributed by atoms with Crippen molar-refractivity contribution < 1.29 is 9.53 Å². The Morgan fingerprint density at radius 2 is 2.00 bits per heavy atom. The molecule has 122 valence electrons. The van der Waals surface area contributed by atoms with Gasteiger partial charge < -0.3 is 15.0 Å². The third kappa shape index (κ3) is 4.82. The van der Waals surface area contributed by atoms with Crippen LogP contribution in [0.25, 0.3) is 0 Å². The van der Waals surface area contributed by atoms with Gasteiger partial charge in [0.2, 0.25) is 17.7 Å². The minimum absolute atomic E-state index is 0.0631. The lowest BCUT2D eigenvalue weighted by Crippen LogP contribution is -2.23. The number of benzene rings is 1. The second kappa shape index (κ2) is 7.78. The lowest BCUT2D eigenvalue weighted by Gasteiger charge is -2.11. The molecule has 1 N–H and O–H groups in total. The fourth-order valence-electron chi connectivity index (χ4n) is 1.82. The average molecular weight is 335 g/mol. The van der Waals surface area contributed by atoms with Crippen molar-refractivity contribution in [1.29, 1.82) is 0 Å². The summed E-state index contributed by atoms with van der Waals surface area (Å²) >= 11 is 5.96. The van der Waals surface area contributed by atoms with Gasteiger partial charge in [-0.1, -0.05) is 23.7 Å². The van der Waals surface area contributed by atoms with Crippen molar-refractivity contribution in [3.63, 3.8) is 0 Å². The van der Waals surface area contributed by atoms with Crippen molar-refractivity contribution in [2.75, 3.05) is 26.0 Å². The molecule has 0 spiro atoms. The summed E-state index contributed by atoms with van der Waals surface area (Å²) in [5.74, 6) is 0.808. The van der Waals surface area contributed by atoms with Crippen molar-refractivity contribution in [1.82, 2.24) is 14.9 Å². The molecule has 0 radical (unpaired) electrons. The number of anilines is 2. The predicted molar refractivity (Wildman–Crippen MR) is 90.3 cm³/mol. The summed E-state index contributed by atoms with van der Waals surface area (Å²) in [7, 11) is 3.48. The molecule has 1 heterocycles. The molecule has 0 aliphatic carbocycles. The highest BCUT2D eigenvalue weighted by molar-refractivity contribution is 6.31. The van der Waals surface area contributed by atoms with E-state index in [2.05, 4.69) is 15.3 Å². The lowest BCUT2D eigenvalue weighted by atomic mass is 10.1. The Kier molecular flexibility index (Phi) is 5.76. The highest BCUT2D eigenvalue weighted by atomic mass is 35.5. The monoisotopic (exact) mass is 334 g/mol. The molecule has 1 aromatic carbocycles. The zero-order valence-corrected chi connectivity index (χ0v) is 14.1. The molecule has 0 aliphatic rings. The maximum absolute atomic E-state index is 11.7. The number of carbonyl (C=O) groups excluding carboxylic acids is 1. The number of nitrogens with one attached hydrogen (secondary N) is 1. The number of aromatic nitrogens is 2. The second-order valence-corrected chi connectivity index (χ2v) is 5.47. The van der Waals surface area contributed by atoms with E-state index in [-0.39, 0.29) is 5.91 Å². The number of rotatable bonds is 6. The summed E-state index contributed by atoms with van der Waals surface area (Å²) in [6.07, 6.45) is 1.87. The van der Waals surface area contributed by atoms with Crippen LogP contribution < -0.4 is 10.1 Å². The minimum Gasteiger partial charge on any atom is -0.477 e. The molecule has 1 aromatic heterocycles. The van der Waals surface area contributed by atoms with Crippen molar-refractivity contribution in [3.8, 4) is 5.88 Å². The van der Waals surface area contributed by atoms with Gasteiger partial charge >= 0.3 is 0 Å². The lowest BCUT2D eigenvalue weighted by molar-refractivity contribution is -0.127. The molecule has 6 nitrogen and oxygen atoms in total. The van der Waals surface area contributed by atoms with Gasteiger partial charge in [0.25, 0.3) is 0 Å². The van der Waals surface area contributed by atoms with Gasteiger partial charge in [0.1, 0.15) is 5.02 Å². The van der Waals surface area contributed by atoms with Crippen molar-refractivity contribution in [2.45, 2.75) is 13.3 Å². The van der Waals surface area contributed by atoms with Gasteiger partial charge in [-0.2, -0.15) is 4.98 Å². The van der Waals surface area contributed by atoms with Gasteiger partial charge in [0.05, 0.1) is 19.2 Å². The van der Waals surface area contributed by atoms with Gasteiger partial charge in [-0.3, -0.25) is 4.79 Å². The Morgan fingerprint density at radius 1 is 1.30 bits per heavy atom. The first-order valence-corrected chi connectivity index (χ1v) is 7.59. The zero-order valence-electron chi connectivity index (χ0n) is 13.3. The van der Waals surface area contributed by atoms with Gasteiger partial charge in [-0.05, 0) is 24.6 Å². The minimum atomic E-state index is 0.0631. The van der Waals surface area contributed by atoms with Crippen LogP contribution in [-0.2, 0) is 11.2 Å². The Bertz CT molecular complexity index is 674. The molecule has 2 rings (SSSR count). The molecule has 0 aliphatic heterocycles. The molecule has 0 saturated carbocycles. The summed E-state index contributed by atoms with van der Waals surface area (Å²) in [5.41, 5.74) is 1.76. The number of ether oxygens (including phenoxy) is 1. The number of hydrogen-bond acceptors (Lipinski definition) is 5. The summed E-state index contributed by atoms with van der Waals surface area (Å²) < 4.78 is 5.34. The van der Waals surface area contributed by atoms with E-state index in [1.54, 1.807) is 19.0 Å². The van der Waals surface area contributed by atoms with Crippen molar-refractivity contribution in [2.24, 2.45) is 0 Å². The number of halogens is 1. The first kappa shape index (κ1) is 17.0. The normalized spacial score (nSPS) is 10.3. The van der Waals surface area contributed by atoms with E-state index in [1.807, 2.05) is 31.2 Å². The fraction of sp³-hybridized carbons (Fsp3) is 0.312. The van der Waals surface area contributed by atoms with Crippen LogP contribution in [0.1, 0.15) is 12.5 Å². The molecule has 1 amide bonds. The molecule has 0 atom stereocenters. The van der Waals surface area contributed by atoms with Crippen LogP contribution in [0, 0.1) is 0 Å². The summed E-state index contributed by atoms with van der Waals surface area (Å²) in [6.45, 7) is 2.34. The van der Waals surface area contributed by atoms with Gasteiger partial charge in [0, 0.05) is 19.8 Å². The molecule has 0 unspecified atom stereocenters. The van der Waals surface area contributed by atoms with E-state index in [4.69, 9.17) is 16.3 Å². The summed E-state index contributed by atoms with van der Waals surface area (Å²) in [6, 6.07) is 7.53. The molecular weight excluding hydrogens is 316 g/mol. The van der Waals surface area contributed by atoms with Gasteiger partial charge in [-0.15, -0.1) is 0 Å². The van der Waals surface area contributed by atoms with E-state index in [0.29, 0.717) is 29.9 Å². The number of hydrogen-bond donors (Lipinski definition) is 1. The molecule has 2 aromatic rings. The van der Waals surface area contributed by atoms with Gasteiger partial charge in [-0.25, -0.2) is 4.98 Å². The third-order valence-corrected chi connectivity index (χ3v) is 3.32. The van der Waals surface area contributed by atoms with Crippen LogP contribution in [-0.4, -0.2) is 41.5 Å². The van der Waals surface area contributed by atoms with Gasteiger partial charge in [0.15, 0.2) is 0 Å². The van der Waals surface area contributed by atoms with E-state index < -0.39 is 0 Å². The van der Waals surface area contributed by atoms with Crippen LogP contribution in [0.2, 0.25) is 5.02 Å². The van der Waals surface area contributed by atoms with Crippen LogP contribution in [0.5, 0.6) is 5.88 Å². The summed E-state index contributed by atoms with van der Waals surface area (Å²) in [4.78, 5) is 21.6. The first-order chi connectivity index (χ1) is 11.0. The highest BCUT2D eigenvalue weighted by Gasteiger charge is 2.08. The smallest absolute Gasteiger partial charge is 0.237 e. The highest BCUT2D eigenvalue weighted by Crippen LogP contribution is 2.23. The van der Waals surface area contributed by atoms with Crippen LogP contribution in [0.3, 0.4) is 0 Å². The number of amides is 1. The Balaban J connectivity index is 2.06. The predicted octanol–water partition coefficient (Wildman–Crippen LogP) is 2.90. The molecule has 0 bridgehead atoms. The molecule has 0 saturated heterocycles. The maximum atomic E-state index is 11.7. The third-order valence-electron chi connectivity index (χ3n) is 3.06. The van der Waals surface area contributed by atoms with E-state index in [0.717, 1.165) is 11.3 Å². The van der Waals surface area contributed by atoms with Crippen LogP contribution >= 0.6 is 11.6 Å². The van der Waals surface area contributed by atoms with E-state index >= 15 is 0 Å². The largest absolute Gasteiger partial charge is 0.477 e. The number of nitrogens with zero attached hydrogens (tertiary/aromatic N) is 3. The topological polar surface area (TPSA) is 67.3 Å². The Hall–Kier alpha value is -2.34. The van der Waals surface area contributed by atoms with Crippen LogP contribution in [0.15, 0.2) is 30.5 Å². The molecule has 23 heavy (non-hydrogen) atoms. The maximum Gasteiger partial charge on any atom is 0.237 e. The Morgan fingerprint density at radius 3 is 2.61 bits per heavy atom. The fourth-order valence-corrected chi connectivity index (χ4v) is 1.96.